The molecule has 13 nitrogen and oxygen atoms in total. The summed E-state index contributed by atoms with van der Waals surface area (Å²) in [4.78, 5) is 54.3. The van der Waals surface area contributed by atoms with Gasteiger partial charge in [-0.05, 0) is 61.1 Å². The van der Waals surface area contributed by atoms with E-state index in [1.54, 1.807) is 25.1 Å². The minimum atomic E-state index is -4.51. The zero-order valence-electron chi connectivity index (χ0n) is 31.1. The first-order chi connectivity index (χ1) is 27.4. The molecule has 1 amide bonds. The van der Waals surface area contributed by atoms with Crippen molar-refractivity contribution in [2.75, 3.05) is 19.6 Å². The van der Waals surface area contributed by atoms with E-state index in [2.05, 4.69) is 57.7 Å². The molecule has 1 aromatic heterocycles. The van der Waals surface area contributed by atoms with Gasteiger partial charge in [-0.3, -0.25) is 24.0 Å². The average Bonchev–Trinajstić information content (AvgIpc) is 3.21. The molecule has 0 bridgehead atoms. The van der Waals surface area contributed by atoms with E-state index in [1.807, 2.05) is 54.6 Å². The van der Waals surface area contributed by atoms with E-state index >= 15 is 0 Å². The van der Waals surface area contributed by atoms with E-state index < -0.39 is 42.1 Å². The second-order valence-electron chi connectivity index (χ2n) is 14.4. The summed E-state index contributed by atoms with van der Waals surface area (Å²) in [5.41, 5.74) is 1.91. The second kappa shape index (κ2) is 17.1. The van der Waals surface area contributed by atoms with Crippen LogP contribution in [0.25, 0.3) is 0 Å². The Bertz CT molecular complexity index is 2310. The van der Waals surface area contributed by atoms with E-state index in [9.17, 15) is 29.1 Å². The number of halogens is 1. The Morgan fingerprint density at radius 2 is 1.60 bits per heavy atom. The molecular formula is C42H42ClN6O7P. The third kappa shape index (κ3) is 8.88. The number of nitrogens with one attached hydrogen (secondary N) is 2. The third-order valence-corrected chi connectivity index (χ3v) is 11.2. The smallest absolute Gasteiger partial charge is 0.352 e. The van der Waals surface area contributed by atoms with Gasteiger partial charge in [0, 0.05) is 60.3 Å². The number of nitriles is 1. The zero-order chi connectivity index (χ0) is 40.2. The Labute approximate surface area is 334 Å². The summed E-state index contributed by atoms with van der Waals surface area (Å²) in [5.74, 6) is -0.360. The first-order valence-electron chi connectivity index (χ1n) is 18.6. The Balaban J connectivity index is 1.30. The number of amides is 1. The van der Waals surface area contributed by atoms with Crippen LogP contribution in [0, 0.1) is 18.3 Å². The van der Waals surface area contributed by atoms with Gasteiger partial charge in [0.1, 0.15) is 0 Å². The number of piperidine rings is 1. The van der Waals surface area contributed by atoms with Gasteiger partial charge in [-0.2, -0.15) is 10.3 Å². The van der Waals surface area contributed by atoms with Crippen molar-refractivity contribution in [3.8, 4) is 6.07 Å². The van der Waals surface area contributed by atoms with Crippen LogP contribution in [0.4, 0.5) is 0 Å². The van der Waals surface area contributed by atoms with E-state index in [4.69, 9.17) is 20.6 Å². The largest absolute Gasteiger partial charge is 0.438 e. The lowest BCUT2D eigenvalue weighted by Gasteiger charge is -2.51. The van der Waals surface area contributed by atoms with Crippen molar-refractivity contribution in [1.29, 1.82) is 5.26 Å². The summed E-state index contributed by atoms with van der Waals surface area (Å²) in [7, 11) is 0. The van der Waals surface area contributed by atoms with Gasteiger partial charge in [0.15, 0.2) is 6.23 Å². The molecular weight excluding hydrogens is 767 g/mol. The van der Waals surface area contributed by atoms with Crippen molar-refractivity contribution < 1.29 is 23.6 Å². The molecule has 5 atom stereocenters. The number of nitrogens with zero attached hydrogens (tertiary/aromatic N) is 4. The number of hydroxylamine groups is 2. The van der Waals surface area contributed by atoms with Crippen LogP contribution in [0.2, 0.25) is 0 Å². The first kappa shape index (κ1) is 40.1. The van der Waals surface area contributed by atoms with E-state index in [0.717, 1.165) is 16.7 Å². The molecule has 3 heterocycles. The van der Waals surface area contributed by atoms with Crippen molar-refractivity contribution in [2.24, 2.45) is 0 Å². The molecule has 57 heavy (non-hydrogen) atoms. The monoisotopic (exact) mass is 808 g/mol. The standard InChI is InChI=1S/C42H42ClN6O7P/c1-29-26-48(41(52)46-39(29)50)38-28-47(42(32-14-5-2-6-15-32,33-16-7-3-8-17-33)34-18-9-4-10-19-34)27-37(55-38)24-36-23-35(20-21-49(36)56-57(43,53)54)45-40(51)31-13-11-12-30(22-31)25-44/h2-19,22,26,35-38H,20-21,23-24,27-28H2,1H3,(H,45,51)(H,53,54)(H,46,50,52). The van der Waals surface area contributed by atoms with Crippen LogP contribution in [-0.2, 0) is 19.5 Å². The molecule has 3 N–H and O–H groups in total. The van der Waals surface area contributed by atoms with Crippen LogP contribution in [0.15, 0.2) is 131 Å². The number of H-pyrrole nitrogens is 1. The van der Waals surface area contributed by atoms with Gasteiger partial charge in [-0.1, -0.05) is 97.1 Å². The van der Waals surface area contributed by atoms with Crippen molar-refractivity contribution in [2.45, 2.75) is 56.1 Å². The quantitative estimate of drug-likeness (QED) is 0.109. The Kier molecular flexibility index (Phi) is 12.0. The van der Waals surface area contributed by atoms with Gasteiger partial charge in [-0.25, -0.2) is 14.0 Å². The van der Waals surface area contributed by atoms with E-state index in [1.165, 1.54) is 21.9 Å². The number of rotatable bonds is 11. The highest BCUT2D eigenvalue weighted by molar-refractivity contribution is 7.80. The van der Waals surface area contributed by atoms with Crippen molar-refractivity contribution in [3.05, 3.63) is 176 Å². The lowest BCUT2D eigenvalue weighted by atomic mass is 9.75. The first-order valence-corrected chi connectivity index (χ1v) is 21.1. The predicted molar refractivity (Wildman–Crippen MR) is 214 cm³/mol. The second-order valence-corrected chi connectivity index (χ2v) is 16.7. The minimum Gasteiger partial charge on any atom is -0.352 e. The molecule has 0 aliphatic carbocycles. The molecule has 0 saturated carbocycles. The number of benzene rings is 4. The highest BCUT2D eigenvalue weighted by Gasteiger charge is 2.47. The maximum absolute atomic E-state index is 13.5. The van der Waals surface area contributed by atoms with Gasteiger partial charge in [0.25, 0.3) is 11.5 Å². The zero-order valence-corrected chi connectivity index (χ0v) is 32.8. The van der Waals surface area contributed by atoms with Crippen LogP contribution in [0.3, 0.4) is 0 Å². The molecule has 2 saturated heterocycles. The highest BCUT2D eigenvalue weighted by atomic mass is 35.7. The Hall–Kier alpha value is -5.16. The number of hydrogen-bond donors (Lipinski definition) is 3. The topological polar surface area (TPSA) is 170 Å². The summed E-state index contributed by atoms with van der Waals surface area (Å²) in [5, 5.41) is 13.8. The van der Waals surface area contributed by atoms with Crippen molar-refractivity contribution in [1.82, 2.24) is 24.8 Å². The van der Waals surface area contributed by atoms with Gasteiger partial charge >= 0.3 is 12.6 Å². The summed E-state index contributed by atoms with van der Waals surface area (Å²) in [6.07, 6.45) is 0.878. The lowest BCUT2D eigenvalue weighted by molar-refractivity contribution is -0.170. The Morgan fingerprint density at radius 3 is 2.18 bits per heavy atom. The average molecular weight is 809 g/mol. The third-order valence-electron chi connectivity index (χ3n) is 10.6. The molecule has 294 valence electrons. The fraction of sp³-hybridized carbons (Fsp3) is 0.286. The van der Waals surface area contributed by atoms with Crippen LogP contribution in [0.5, 0.6) is 0 Å². The summed E-state index contributed by atoms with van der Waals surface area (Å²) >= 11 is 5.78. The molecule has 2 aliphatic rings. The molecule has 7 rings (SSSR count). The minimum absolute atomic E-state index is 0.158. The summed E-state index contributed by atoms with van der Waals surface area (Å²) in [6, 6.07) is 37.8. The molecule has 0 spiro atoms. The van der Waals surface area contributed by atoms with Gasteiger partial charge < -0.3 is 14.9 Å². The van der Waals surface area contributed by atoms with Crippen molar-refractivity contribution >= 4 is 24.1 Å². The molecule has 2 aliphatic heterocycles. The van der Waals surface area contributed by atoms with Crippen molar-refractivity contribution in [3.63, 3.8) is 0 Å². The number of morpholine rings is 1. The number of hydrogen-bond acceptors (Lipinski definition) is 9. The fourth-order valence-corrected chi connectivity index (χ4v) is 8.89. The number of carbonyl (C=O) groups excluding carboxylic acids is 1. The van der Waals surface area contributed by atoms with Crippen LogP contribution >= 0.6 is 18.2 Å². The number of ether oxygens (including phenoxy) is 1. The van der Waals surface area contributed by atoms with E-state index in [-0.39, 0.29) is 31.5 Å². The molecule has 2 fully saturated rings. The maximum Gasteiger partial charge on any atom is 0.438 e. The number of aromatic nitrogens is 2. The Morgan fingerprint density at radius 1 is 0.982 bits per heavy atom. The maximum atomic E-state index is 13.5. The van der Waals surface area contributed by atoms with Crippen LogP contribution in [0.1, 0.15) is 63.7 Å². The number of aryl methyl sites for hydroxylation is 1. The van der Waals surface area contributed by atoms with E-state index in [0.29, 0.717) is 36.1 Å². The predicted octanol–water partition coefficient (Wildman–Crippen LogP) is 5.83. The van der Waals surface area contributed by atoms with Crippen LogP contribution in [-0.4, -0.2) is 68.1 Å². The highest BCUT2D eigenvalue weighted by Crippen LogP contribution is 2.50. The fourth-order valence-electron chi connectivity index (χ4n) is 8.17. The number of aromatic amines is 1. The van der Waals surface area contributed by atoms with Gasteiger partial charge in [0.05, 0.1) is 23.3 Å². The summed E-state index contributed by atoms with van der Waals surface area (Å²) in [6.45, 7) is -2.19. The molecule has 5 aromatic rings. The summed E-state index contributed by atoms with van der Waals surface area (Å²) < 4.78 is 26.1. The molecule has 4 aromatic carbocycles. The van der Waals surface area contributed by atoms with Gasteiger partial charge in [-0.15, -0.1) is 0 Å². The molecule has 0 radical (unpaired) electrons. The molecule has 15 heteroatoms. The molecule has 5 unspecified atom stereocenters. The number of carbonyl (C=O) groups is 1. The normalized spacial score (nSPS) is 21.6. The SMILES string of the molecule is Cc1cn(C2CN(C(c3ccccc3)(c3ccccc3)c3ccccc3)CC(CC3CC(NC(=O)c4cccc(C#N)c4)CCN3OP(=O)(O)Cl)O2)c(=O)[nH]c1=O. The van der Waals surface area contributed by atoms with Gasteiger partial charge in [0.2, 0.25) is 0 Å². The lowest BCUT2D eigenvalue weighted by Crippen LogP contribution is -2.59. The van der Waals surface area contributed by atoms with Crippen LogP contribution < -0.4 is 16.6 Å².